The first kappa shape index (κ1) is 9.43. The molecule has 14 heavy (non-hydrogen) atoms. The van der Waals surface area contributed by atoms with Gasteiger partial charge in [-0.05, 0) is 18.1 Å². The van der Waals surface area contributed by atoms with E-state index >= 15 is 0 Å². The number of likely N-dealkylation sites (N-methyl/N-ethyl adjacent to an activating group) is 1. The molecule has 0 atom stereocenters. The minimum Gasteiger partial charge on any atom is -0.445 e. The first-order valence-corrected chi connectivity index (χ1v) is 4.52. The summed E-state index contributed by atoms with van der Waals surface area (Å²) in [7, 11) is 1.89. The molecule has 0 spiro atoms. The van der Waals surface area contributed by atoms with E-state index in [1.54, 1.807) is 6.07 Å². The number of nitrogens with zero attached hydrogens (tertiary/aromatic N) is 1. The van der Waals surface area contributed by atoms with Crippen LogP contribution in [-0.4, -0.2) is 20.6 Å². The smallest absolute Gasteiger partial charge is 0.445 e. The van der Waals surface area contributed by atoms with E-state index < -0.39 is 12.4 Å². The Balaban J connectivity index is 2.42. The topological polar surface area (TPSA) is 3.24 Å². The average molecular weight is 200 g/mol. The highest BCUT2D eigenvalue weighted by Gasteiger charge is 2.27. The molecule has 1 aromatic rings. The third-order valence-corrected chi connectivity index (χ3v) is 2.61. The molecule has 1 aliphatic rings. The van der Waals surface area contributed by atoms with Crippen LogP contribution in [0.1, 0.15) is 5.56 Å². The second kappa shape index (κ2) is 2.93. The summed E-state index contributed by atoms with van der Waals surface area (Å²) in [5.74, 6) is 0. The Labute approximate surface area is 80.6 Å². The predicted octanol–water partition coefficient (Wildman–Crippen LogP) is 1.73. The van der Waals surface area contributed by atoms with Gasteiger partial charge in [0, 0.05) is 19.3 Å². The number of benzene rings is 1. The van der Waals surface area contributed by atoms with Crippen LogP contribution in [0.15, 0.2) is 18.2 Å². The molecule has 0 unspecified atom stereocenters. The predicted molar refractivity (Wildman–Crippen MR) is 52.1 cm³/mol. The van der Waals surface area contributed by atoms with Gasteiger partial charge in [-0.1, -0.05) is 12.1 Å². The van der Waals surface area contributed by atoms with Crippen LogP contribution in [-0.2, 0) is 6.42 Å². The van der Waals surface area contributed by atoms with E-state index in [0.29, 0.717) is 6.42 Å². The maximum atomic E-state index is 12.4. The van der Waals surface area contributed by atoms with Crippen LogP contribution in [0.4, 0.5) is 18.6 Å². The Morgan fingerprint density at radius 3 is 2.64 bits per heavy atom. The molecule has 0 fully saturated rings. The van der Waals surface area contributed by atoms with Crippen LogP contribution >= 0.6 is 0 Å². The second-order valence-electron chi connectivity index (χ2n) is 3.63. The fourth-order valence-corrected chi connectivity index (χ4v) is 1.79. The van der Waals surface area contributed by atoms with E-state index in [2.05, 4.69) is 0 Å². The van der Waals surface area contributed by atoms with Gasteiger partial charge in [-0.3, -0.25) is 0 Å². The Kier molecular flexibility index (Phi) is 1.98. The van der Waals surface area contributed by atoms with E-state index in [4.69, 9.17) is 0 Å². The van der Waals surface area contributed by atoms with Crippen molar-refractivity contribution in [3.05, 3.63) is 23.8 Å². The van der Waals surface area contributed by atoms with Crippen molar-refractivity contribution in [2.45, 2.75) is 6.42 Å². The summed E-state index contributed by atoms with van der Waals surface area (Å²) in [5.41, 5.74) is 1.25. The van der Waals surface area contributed by atoms with Crippen molar-refractivity contribution in [3.8, 4) is 0 Å². The molecule has 0 saturated carbocycles. The molecule has 1 heterocycles. The first-order chi connectivity index (χ1) is 6.48. The highest BCUT2D eigenvalue weighted by Crippen LogP contribution is 2.26. The zero-order valence-electron chi connectivity index (χ0n) is 7.80. The summed E-state index contributed by atoms with van der Waals surface area (Å²) in [4.78, 5) is 1.97. The number of rotatable bonds is 1. The Morgan fingerprint density at radius 1 is 1.29 bits per heavy atom. The van der Waals surface area contributed by atoms with E-state index in [9.17, 15) is 12.9 Å². The molecule has 1 aromatic carbocycles. The fourth-order valence-electron chi connectivity index (χ4n) is 1.79. The third-order valence-electron chi connectivity index (χ3n) is 2.61. The summed E-state index contributed by atoms with van der Waals surface area (Å²) in [6.45, 7) is -4.04. The normalized spacial score (nSPS) is 15.9. The van der Waals surface area contributed by atoms with Crippen molar-refractivity contribution in [1.82, 2.24) is 0 Å². The molecule has 1 aliphatic heterocycles. The van der Waals surface area contributed by atoms with Gasteiger partial charge >= 0.3 is 6.98 Å². The van der Waals surface area contributed by atoms with Crippen molar-refractivity contribution in [1.29, 1.82) is 0 Å². The summed E-state index contributed by atoms with van der Waals surface area (Å²) in [5, 5.41) is 0. The van der Waals surface area contributed by atoms with E-state index in [-0.39, 0.29) is 0 Å². The molecule has 0 saturated heterocycles. The molecule has 0 bridgehead atoms. The SMILES string of the molecule is CN1CCc2cc([B-](F)(F)F)ccc21. The standard InChI is InChI=1S/C9H10BF3N/c1-14-5-4-7-6-8(10(11,12)13)2-3-9(7)14/h2-3,6H,4-5H2,1H3/q-1. The quantitative estimate of drug-likeness (QED) is 0.624. The van der Waals surface area contributed by atoms with Gasteiger partial charge in [0.2, 0.25) is 0 Å². The first-order valence-electron chi connectivity index (χ1n) is 4.52. The van der Waals surface area contributed by atoms with E-state index in [1.807, 2.05) is 11.9 Å². The Hall–Kier alpha value is -1.13. The average Bonchev–Trinajstić information content (AvgIpc) is 2.46. The van der Waals surface area contributed by atoms with Crippen molar-refractivity contribution < 1.29 is 12.9 Å². The molecule has 0 aliphatic carbocycles. The van der Waals surface area contributed by atoms with Crippen molar-refractivity contribution >= 4 is 18.1 Å². The molecule has 0 amide bonds. The highest BCUT2D eigenvalue weighted by molar-refractivity contribution is 6.73. The van der Waals surface area contributed by atoms with Crippen LogP contribution in [0.5, 0.6) is 0 Å². The Bertz CT molecular complexity index is 362. The van der Waals surface area contributed by atoms with Crippen LogP contribution in [0, 0.1) is 0 Å². The van der Waals surface area contributed by atoms with Crippen molar-refractivity contribution in [2.24, 2.45) is 0 Å². The second-order valence-corrected chi connectivity index (χ2v) is 3.63. The van der Waals surface area contributed by atoms with Gasteiger partial charge in [-0.15, -0.1) is 5.46 Å². The molecule has 0 N–H and O–H groups in total. The minimum absolute atomic E-state index is 0.487. The maximum Gasteiger partial charge on any atom is 0.509 e. The summed E-state index contributed by atoms with van der Waals surface area (Å²) < 4.78 is 37.2. The van der Waals surface area contributed by atoms with Crippen LogP contribution in [0.3, 0.4) is 0 Å². The molecule has 76 valence electrons. The number of hydrogen-bond acceptors (Lipinski definition) is 1. The van der Waals surface area contributed by atoms with Crippen LogP contribution in [0.25, 0.3) is 0 Å². The molecular formula is C9H10BF3N-. The lowest BCUT2D eigenvalue weighted by molar-refractivity contribution is 0.501. The van der Waals surface area contributed by atoms with E-state index in [1.165, 1.54) is 12.1 Å². The van der Waals surface area contributed by atoms with Gasteiger partial charge in [0.1, 0.15) is 0 Å². The molecular weight excluding hydrogens is 190 g/mol. The highest BCUT2D eigenvalue weighted by atomic mass is 19.4. The largest absolute Gasteiger partial charge is 0.509 e. The lowest BCUT2D eigenvalue weighted by atomic mass is 9.79. The van der Waals surface area contributed by atoms with Gasteiger partial charge in [-0.25, -0.2) is 0 Å². The zero-order chi connectivity index (χ0) is 10.3. The lowest BCUT2D eigenvalue weighted by Gasteiger charge is -2.17. The van der Waals surface area contributed by atoms with Gasteiger partial charge in [0.05, 0.1) is 0 Å². The summed E-state index contributed by atoms with van der Waals surface area (Å²) >= 11 is 0. The summed E-state index contributed by atoms with van der Waals surface area (Å²) in [6.07, 6.45) is 0.714. The van der Waals surface area contributed by atoms with E-state index in [0.717, 1.165) is 17.8 Å². The van der Waals surface area contributed by atoms with Crippen LogP contribution in [0.2, 0.25) is 0 Å². The van der Waals surface area contributed by atoms with Gasteiger partial charge in [0.25, 0.3) is 0 Å². The zero-order valence-corrected chi connectivity index (χ0v) is 7.80. The summed E-state index contributed by atoms with van der Waals surface area (Å²) in [6, 6.07) is 4.01. The molecule has 5 heteroatoms. The van der Waals surface area contributed by atoms with Gasteiger partial charge in [-0.2, -0.15) is 0 Å². The van der Waals surface area contributed by atoms with Gasteiger partial charge in [0.15, 0.2) is 0 Å². The number of fused-ring (bicyclic) bond motifs is 1. The Morgan fingerprint density at radius 2 is 2.00 bits per heavy atom. The molecule has 1 nitrogen and oxygen atoms in total. The fraction of sp³-hybridized carbons (Fsp3) is 0.333. The van der Waals surface area contributed by atoms with Gasteiger partial charge < -0.3 is 17.8 Å². The number of halogens is 3. The lowest BCUT2D eigenvalue weighted by Crippen LogP contribution is -2.34. The monoisotopic (exact) mass is 200 g/mol. The number of anilines is 1. The number of hydrogen-bond donors (Lipinski definition) is 0. The minimum atomic E-state index is -4.85. The molecule has 2 rings (SSSR count). The van der Waals surface area contributed by atoms with Crippen LogP contribution < -0.4 is 10.4 Å². The molecule has 0 aromatic heterocycles. The van der Waals surface area contributed by atoms with Crippen molar-refractivity contribution in [3.63, 3.8) is 0 Å². The van der Waals surface area contributed by atoms with Crippen molar-refractivity contribution in [2.75, 3.05) is 18.5 Å². The maximum absolute atomic E-state index is 12.4. The molecule has 0 radical (unpaired) electrons. The third kappa shape index (κ3) is 1.47.